The Morgan fingerprint density at radius 2 is 0.554 bits per heavy atom. The Morgan fingerprint density at radius 1 is 0.308 bits per heavy atom. The molecule has 13 aliphatic rings. The number of hydrogen-bond acceptors (Lipinski definition) is 28. The Labute approximate surface area is 752 Å². The molecule has 0 aromatic carbocycles. The first kappa shape index (κ1) is 97.0. The van der Waals surface area contributed by atoms with E-state index in [0.29, 0.717) is 63.7 Å². The van der Waals surface area contributed by atoms with Gasteiger partial charge in [-0.2, -0.15) is 11.8 Å². The molecule has 48 heteroatoms. The summed E-state index contributed by atoms with van der Waals surface area (Å²) in [5.41, 5.74) is 0. The van der Waals surface area contributed by atoms with Gasteiger partial charge in [-0.15, -0.1) is 0 Å². The van der Waals surface area contributed by atoms with E-state index in [-0.39, 0.29) is 168 Å². The molecule has 13 fully saturated rings. The molecule has 13 heterocycles. The van der Waals surface area contributed by atoms with Crippen LogP contribution < -0.4 is 42.5 Å². The van der Waals surface area contributed by atoms with E-state index in [1.165, 1.54) is 46.1 Å². The van der Waals surface area contributed by atoms with E-state index in [2.05, 4.69) is 42.5 Å². The Balaban J connectivity index is 0.537. The largest absolute Gasteiger partial charge is 0.480 e. The number of carboxylic acid groups (broad SMARTS) is 1. The van der Waals surface area contributed by atoms with E-state index >= 15 is 0 Å². The van der Waals surface area contributed by atoms with E-state index in [1.807, 2.05) is 0 Å². The molecule has 0 aliphatic carbocycles. The van der Waals surface area contributed by atoms with Crippen molar-refractivity contribution in [2.45, 2.75) is 256 Å². The summed E-state index contributed by atoms with van der Waals surface area (Å²) in [4.78, 5) is 291. The number of nitrogens with one attached hydrogen (secondary N) is 8. The van der Waals surface area contributed by atoms with Crippen LogP contribution >= 0.6 is 11.8 Å². The zero-order chi connectivity index (χ0) is 93.4. The minimum atomic E-state index is -1.32. The molecular formula is C82H120N20O27S. The van der Waals surface area contributed by atoms with Crippen LogP contribution in [0.15, 0.2) is 0 Å². The molecule has 130 heavy (non-hydrogen) atoms. The predicted octanol–water partition coefficient (Wildman–Crippen LogP) is -11.5. The summed E-state index contributed by atoms with van der Waals surface area (Å²) >= 11 is 1.42. The van der Waals surface area contributed by atoms with Gasteiger partial charge in [0.15, 0.2) is 0 Å². The number of nitrogens with zero attached hydrogens (tertiary/aromatic N) is 12. The average molecular weight is 1850 g/mol. The average Bonchev–Trinajstić information content (AvgIpc) is 1.66. The summed E-state index contributed by atoms with van der Waals surface area (Å²) < 4.78 is 0. The van der Waals surface area contributed by atoms with Gasteiger partial charge in [0.2, 0.25) is 112 Å². The summed E-state index contributed by atoms with van der Waals surface area (Å²) in [7, 11) is 0. The maximum Gasteiger partial charge on any atom is 0.326 e. The van der Waals surface area contributed by atoms with Crippen molar-refractivity contribution in [2.75, 3.05) is 136 Å². The lowest BCUT2D eigenvalue weighted by Gasteiger charge is -2.32. The number of rotatable bonds is 30. The maximum absolute atomic E-state index is 14.5. The number of thioether (sulfide) groups is 1. The van der Waals surface area contributed by atoms with Gasteiger partial charge in [-0.3, -0.25) is 91.1 Å². The van der Waals surface area contributed by atoms with Crippen LogP contribution in [0.2, 0.25) is 0 Å². The summed E-state index contributed by atoms with van der Waals surface area (Å²) in [5, 5.41) is 94.7. The molecule has 47 nitrogen and oxygen atoms in total. The Hall–Kier alpha value is -10.5. The highest BCUT2D eigenvalue weighted by molar-refractivity contribution is 7.98. The van der Waals surface area contributed by atoms with Gasteiger partial charge in [0.1, 0.15) is 78.5 Å². The zero-order valence-corrected chi connectivity index (χ0v) is 73.4. The number of β-amino-alcohol motifs (C(OH)–C–C–N with tert-alkyl or cyclic N) is 6. The molecule has 0 radical (unpaired) electrons. The Bertz CT molecular complexity index is 4380. The molecule has 0 saturated carbocycles. The first-order valence-electron chi connectivity index (χ1n) is 45.2. The van der Waals surface area contributed by atoms with Crippen molar-refractivity contribution in [1.29, 1.82) is 0 Å². The number of carbonyl (C=O) groups is 20. The van der Waals surface area contributed by atoms with Gasteiger partial charge in [-0.1, -0.05) is 0 Å². The van der Waals surface area contributed by atoms with Crippen LogP contribution in [0, 0.1) is 0 Å². The lowest BCUT2D eigenvalue weighted by atomic mass is 10.1. The monoisotopic (exact) mass is 1850 g/mol. The summed E-state index contributed by atoms with van der Waals surface area (Å²) in [6.45, 7) is -4.41. The molecule has 0 aromatic rings. The van der Waals surface area contributed by atoms with Crippen LogP contribution in [0.5, 0.6) is 0 Å². The molecule has 716 valence electrons. The number of amides is 19. The van der Waals surface area contributed by atoms with Gasteiger partial charge in [0.05, 0.1) is 81.9 Å². The topological polar surface area (TPSA) is 618 Å². The normalized spacial score (nSPS) is 30.3. The number of carboxylic acids is 1. The second kappa shape index (κ2) is 42.8. The lowest BCUT2D eigenvalue weighted by molar-refractivity contribution is -0.149. The molecule has 19 amide bonds. The number of aliphatic hydroxyl groups excluding tert-OH is 6. The molecule has 15 N–H and O–H groups in total. The third kappa shape index (κ3) is 21.8. The molecule has 20 atom stereocenters. The Kier molecular flexibility index (Phi) is 31.9. The second-order valence-electron chi connectivity index (χ2n) is 36.0. The smallest absolute Gasteiger partial charge is 0.326 e. The van der Waals surface area contributed by atoms with E-state index in [4.69, 9.17) is 0 Å². The van der Waals surface area contributed by atoms with Crippen molar-refractivity contribution in [3.05, 3.63) is 0 Å². The van der Waals surface area contributed by atoms with Gasteiger partial charge >= 0.3 is 5.97 Å². The highest BCUT2D eigenvalue weighted by Gasteiger charge is 2.53. The van der Waals surface area contributed by atoms with Crippen LogP contribution in [0.4, 0.5) is 0 Å². The van der Waals surface area contributed by atoms with Gasteiger partial charge in [-0.25, -0.2) is 4.79 Å². The maximum atomic E-state index is 14.5. The van der Waals surface area contributed by atoms with Gasteiger partial charge in [0.25, 0.3) is 0 Å². The van der Waals surface area contributed by atoms with Crippen molar-refractivity contribution in [2.24, 2.45) is 0 Å². The van der Waals surface area contributed by atoms with E-state index in [9.17, 15) is 132 Å². The van der Waals surface area contributed by atoms with E-state index < -0.39 is 273 Å². The van der Waals surface area contributed by atoms with Gasteiger partial charge in [0, 0.05) is 117 Å². The number of carbonyl (C=O) groups excluding carboxylic acids is 19. The first-order valence-corrected chi connectivity index (χ1v) is 46.6. The molecule has 0 bridgehead atoms. The standard InChI is InChI=1S/C82H120N20O27S/c1-130-24-16-49(75(121)97-23-8-15-57(97)82(128)129)90-63(109)32-84-69(115)52-10-3-18-92(52)77(123)58-26-44(104)38-98(58)65(111)34-86-71(117)54-12-5-20-94(54)79(125)60-28-46(106)40-100(60)67(113)36-88-73(119)56-14-7-22-96(56)81(127)62-30-48(108)42-102(62)68(114)37-89-74(120)55-13-6-21-95(55)80(126)61-29-47(107)41-101(61)66(112)35-87-72(118)53-11-4-19-93(53)78(124)59-27-45(105)39-99(59)64(110)33-85-70(116)51-9-2-17-91(51)76(122)50-25-43(103)31-83-50/h43-62,83,103-108H,2-42H2,1H3,(H,84,115)(H,85,116)(H,86,117)(H,87,118)(H,88,119)(H,89,120)(H,90,109)(H,128,129)/t43-,44-,45-,46-,47-,48-,49+,50+,51+,52+,53+,54+,55+,56+,57+,58+,59+,60+,61+,62+/m1/s1. The molecule has 13 aliphatic heterocycles. The lowest BCUT2D eigenvalue weighted by Crippen LogP contribution is -2.57. The minimum absolute atomic E-state index is 0.0279. The molecule has 0 aromatic heterocycles. The molecular weight excluding hydrogens is 1730 g/mol. The fourth-order valence-electron chi connectivity index (χ4n) is 20.9. The minimum Gasteiger partial charge on any atom is -0.480 e. The quantitative estimate of drug-likeness (QED) is 0.0318. The summed E-state index contributed by atoms with van der Waals surface area (Å²) in [6.07, 6.45) is -1.46. The highest BCUT2D eigenvalue weighted by Crippen LogP contribution is 2.34. The fourth-order valence-corrected chi connectivity index (χ4v) is 21.4. The van der Waals surface area contributed by atoms with Crippen molar-refractivity contribution in [3.8, 4) is 0 Å². The van der Waals surface area contributed by atoms with Crippen LogP contribution in [0.25, 0.3) is 0 Å². The summed E-state index contributed by atoms with van der Waals surface area (Å²) in [6, 6.07) is -15.7. The molecule has 13 rings (SSSR count). The van der Waals surface area contributed by atoms with E-state index in [1.54, 1.807) is 6.26 Å². The number of aliphatic carboxylic acids is 1. The fraction of sp³-hybridized carbons (Fsp3) is 0.756. The Morgan fingerprint density at radius 3 is 0.800 bits per heavy atom. The molecule has 0 unspecified atom stereocenters. The SMILES string of the molecule is CSCC[C@H](NC(=O)CNC(=O)[C@@H]1CCCN1C(=O)[C@@H]1C[C@@H](O)CN1C(=O)CNC(=O)[C@@H]1CCCN1C(=O)[C@@H]1C[C@@H](O)CN1C(=O)CNC(=O)[C@@H]1CCCN1C(=O)[C@@H]1C[C@@H](O)CN1C(=O)CNC(=O)[C@@H]1CCCN1C(=O)[C@@H]1C[C@@H](O)CN1C(=O)CNC(=O)[C@@H]1CCCN1C(=O)[C@@H]1C[C@@H](O)CN1C(=O)CNC(=O)[C@@H]1CCCN1C(=O)[C@@H]1C[C@@H](O)CN1)C(=O)N1CCC[C@H]1C(=O)O. The van der Waals surface area contributed by atoms with Crippen LogP contribution in [-0.4, -0.2) is 470 Å². The van der Waals surface area contributed by atoms with Crippen molar-refractivity contribution in [3.63, 3.8) is 0 Å². The molecule has 13 saturated heterocycles. The van der Waals surface area contributed by atoms with Crippen molar-refractivity contribution < 1.29 is 132 Å². The zero-order valence-electron chi connectivity index (χ0n) is 72.6. The van der Waals surface area contributed by atoms with Crippen molar-refractivity contribution >= 4 is 130 Å². The third-order valence-corrected chi connectivity index (χ3v) is 28.1. The van der Waals surface area contributed by atoms with Crippen molar-refractivity contribution in [1.82, 2.24) is 101 Å². The second-order valence-corrected chi connectivity index (χ2v) is 37.0. The third-order valence-electron chi connectivity index (χ3n) is 27.4. The van der Waals surface area contributed by atoms with Crippen LogP contribution in [0.1, 0.15) is 135 Å². The number of aliphatic hydroxyl groups is 6. The first-order chi connectivity index (χ1) is 62.1. The molecule has 0 spiro atoms. The van der Waals surface area contributed by atoms with E-state index in [0.717, 1.165) is 24.5 Å². The number of likely N-dealkylation sites (tertiary alicyclic amines) is 12. The predicted molar refractivity (Wildman–Crippen MR) is 447 cm³/mol. The van der Waals surface area contributed by atoms with Crippen LogP contribution in [-0.2, 0) is 95.9 Å². The van der Waals surface area contributed by atoms with Gasteiger partial charge in [-0.05, 0) is 115 Å². The van der Waals surface area contributed by atoms with Gasteiger partial charge < -0.3 is 137 Å². The van der Waals surface area contributed by atoms with Crippen LogP contribution in [0.3, 0.4) is 0 Å². The summed E-state index contributed by atoms with van der Waals surface area (Å²) in [5.74, 6) is -13.9. The number of hydrogen-bond donors (Lipinski definition) is 15. The highest BCUT2D eigenvalue weighted by atomic mass is 32.2.